The Bertz CT molecular complexity index is 311. The Kier molecular flexibility index (Phi) is 6.78. The van der Waals surface area contributed by atoms with Crippen LogP contribution in [0.15, 0.2) is 12.1 Å². The Morgan fingerprint density at radius 3 is 2.71 bits per heavy atom. The topological polar surface area (TPSA) is 32.3 Å². The molecule has 17 heavy (non-hydrogen) atoms. The Morgan fingerprint density at radius 1 is 1.35 bits per heavy atom. The van der Waals surface area contributed by atoms with E-state index in [0.29, 0.717) is 18.6 Å². The van der Waals surface area contributed by atoms with Crippen LogP contribution in [0, 0.1) is 5.92 Å². The molecule has 1 aromatic rings. The molecule has 0 fully saturated rings. The summed E-state index contributed by atoms with van der Waals surface area (Å²) in [5, 5.41) is 12.5. The third kappa shape index (κ3) is 5.19. The number of aliphatic hydroxyl groups excluding tert-OH is 1. The Balaban J connectivity index is 2.22. The number of aliphatic hydroxyl groups is 1. The van der Waals surface area contributed by atoms with Crippen molar-refractivity contribution in [3.63, 3.8) is 0 Å². The fourth-order valence-corrected chi connectivity index (χ4v) is 2.76. The molecule has 2 nitrogen and oxygen atoms in total. The first-order valence-corrected chi connectivity index (χ1v) is 7.41. The van der Waals surface area contributed by atoms with Crippen LogP contribution in [0.3, 0.4) is 0 Å². The molecule has 0 saturated carbocycles. The van der Waals surface area contributed by atoms with Crippen LogP contribution in [0.2, 0.25) is 0 Å². The average molecular weight is 255 g/mol. The van der Waals surface area contributed by atoms with E-state index < -0.39 is 0 Å². The van der Waals surface area contributed by atoms with E-state index in [2.05, 4.69) is 38.2 Å². The predicted molar refractivity (Wildman–Crippen MR) is 75.6 cm³/mol. The SMILES string of the molecule is CCc1ccc(C(C)NCCCC(C)CO)s1. The van der Waals surface area contributed by atoms with Crippen molar-refractivity contribution in [1.29, 1.82) is 0 Å². The minimum Gasteiger partial charge on any atom is -0.396 e. The van der Waals surface area contributed by atoms with E-state index >= 15 is 0 Å². The Hall–Kier alpha value is -0.380. The number of hydrogen-bond acceptors (Lipinski definition) is 3. The fourth-order valence-electron chi connectivity index (χ4n) is 1.78. The lowest BCUT2D eigenvalue weighted by molar-refractivity contribution is 0.227. The van der Waals surface area contributed by atoms with Crippen LogP contribution in [0.5, 0.6) is 0 Å². The molecular weight excluding hydrogens is 230 g/mol. The van der Waals surface area contributed by atoms with Crippen LogP contribution < -0.4 is 5.32 Å². The lowest BCUT2D eigenvalue weighted by Crippen LogP contribution is -2.19. The van der Waals surface area contributed by atoms with Crippen molar-refractivity contribution in [2.24, 2.45) is 5.92 Å². The molecule has 0 spiro atoms. The molecule has 0 aliphatic rings. The van der Waals surface area contributed by atoms with Crippen molar-refractivity contribution in [2.45, 2.75) is 46.1 Å². The second-order valence-electron chi connectivity index (χ2n) is 4.76. The van der Waals surface area contributed by atoms with Gasteiger partial charge in [0.15, 0.2) is 0 Å². The maximum Gasteiger partial charge on any atom is 0.0456 e. The van der Waals surface area contributed by atoms with Crippen LogP contribution in [-0.4, -0.2) is 18.3 Å². The van der Waals surface area contributed by atoms with Crippen LogP contribution in [0.1, 0.15) is 49.4 Å². The van der Waals surface area contributed by atoms with Gasteiger partial charge in [-0.2, -0.15) is 0 Å². The zero-order valence-electron chi connectivity index (χ0n) is 11.2. The summed E-state index contributed by atoms with van der Waals surface area (Å²) in [7, 11) is 0. The molecule has 0 aromatic carbocycles. The second-order valence-corrected chi connectivity index (χ2v) is 5.96. The van der Waals surface area contributed by atoms with Gasteiger partial charge in [-0.25, -0.2) is 0 Å². The third-order valence-electron chi connectivity index (χ3n) is 3.09. The molecule has 0 bridgehead atoms. The smallest absolute Gasteiger partial charge is 0.0456 e. The lowest BCUT2D eigenvalue weighted by atomic mass is 10.1. The standard InChI is InChI=1S/C14H25NOS/c1-4-13-7-8-14(17-13)12(3)15-9-5-6-11(2)10-16/h7-8,11-12,15-16H,4-6,9-10H2,1-3H3. The normalized spacial score (nSPS) is 14.8. The van der Waals surface area contributed by atoms with Gasteiger partial charge in [0.25, 0.3) is 0 Å². The zero-order chi connectivity index (χ0) is 12.7. The first kappa shape index (κ1) is 14.7. The van der Waals surface area contributed by atoms with Gasteiger partial charge in [-0.3, -0.25) is 0 Å². The highest BCUT2D eigenvalue weighted by Crippen LogP contribution is 2.23. The molecule has 2 N–H and O–H groups in total. The summed E-state index contributed by atoms with van der Waals surface area (Å²) in [6.45, 7) is 7.85. The molecule has 0 aliphatic carbocycles. The monoisotopic (exact) mass is 255 g/mol. The predicted octanol–water partition coefficient (Wildman–Crippen LogP) is 3.37. The number of thiophene rings is 1. The average Bonchev–Trinajstić information content (AvgIpc) is 2.82. The summed E-state index contributed by atoms with van der Waals surface area (Å²) in [5.74, 6) is 0.431. The summed E-state index contributed by atoms with van der Waals surface area (Å²) in [5.41, 5.74) is 0. The molecule has 2 atom stereocenters. The van der Waals surface area contributed by atoms with E-state index in [4.69, 9.17) is 5.11 Å². The van der Waals surface area contributed by atoms with E-state index in [0.717, 1.165) is 25.8 Å². The largest absolute Gasteiger partial charge is 0.396 e. The van der Waals surface area contributed by atoms with Crippen LogP contribution in [0.4, 0.5) is 0 Å². The lowest BCUT2D eigenvalue weighted by Gasteiger charge is -2.13. The van der Waals surface area contributed by atoms with Crippen molar-refractivity contribution >= 4 is 11.3 Å². The quantitative estimate of drug-likeness (QED) is 0.698. The fraction of sp³-hybridized carbons (Fsp3) is 0.714. The van der Waals surface area contributed by atoms with Gasteiger partial charge in [0.2, 0.25) is 0 Å². The first-order chi connectivity index (χ1) is 8.17. The third-order valence-corrected chi connectivity index (χ3v) is 4.51. The number of hydrogen-bond donors (Lipinski definition) is 2. The molecule has 1 rings (SSSR count). The van der Waals surface area contributed by atoms with Gasteiger partial charge in [0, 0.05) is 22.4 Å². The maximum atomic E-state index is 8.93. The molecule has 0 saturated heterocycles. The number of rotatable bonds is 8. The first-order valence-electron chi connectivity index (χ1n) is 6.60. The highest BCUT2D eigenvalue weighted by Gasteiger charge is 2.07. The van der Waals surface area contributed by atoms with Gasteiger partial charge >= 0.3 is 0 Å². The van der Waals surface area contributed by atoms with Gasteiger partial charge in [-0.15, -0.1) is 11.3 Å². The summed E-state index contributed by atoms with van der Waals surface area (Å²) in [6, 6.07) is 4.91. The minimum atomic E-state index is 0.306. The summed E-state index contributed by atoms with van der Waals surface area (Å²) in [6.07, 6.45) is 3.37. The number of nitrogens with one attached hydrogen (secondary N) is 1. The van der Waals surface area contributed by atoms with Gasteiger partial charge in [0.1, 0.15) is 0 Å². The molecular formula is C14H25NOS. The molecule has 0 radical (unpaired) electrons. The van der Waals surface area contributed by atoms with Crippen molar-refractivity contribution in [2.75, 3.05) is 13.2 Å². The molecule has 1 aromatic heterocycles. The van der Waals surface area contributed by atoms with E-state index in [9.17, 15) is 0 Å². The van der Waals surface area contributed by atoms with Crippen LogP contribution in [-0.2, 0) is 6.42 Å². The van der Waals surface area contributed by atoms with E-state index in [-0.39, 0.29) is 0 Å². The molecule has 2 unspecified atom stereocenters. The molecule has 98 valence electrons. The maximum absolute atomic E-state index is 8.93. The second kappa shape index (κ2) is 7.85. The van der Waals surface area contributed by atoms with Crippen LogP contribution >= 0.6 is 11.3 Å². The van der Waals surface area contributed by atoms with E-state index in [1.54, 1.807) is 0 Å². The van der Waals surface area contributed by atoms with Gasteiger partial charge in [0.05, 0.1) is 0 Å². The highest BCUT2D eigenvalue weighted by atomic mass is 32.1. The molecule has 0 aliphatic heterocycles. The van der Waals surface area contributed by atoms with Gasteiger partial charge in [-0.1, -0.05) is 13.8 Å². The molecule has 0 amide bonds. The van der Waals surface area contributed by atoms with Crippen molar-refractivity contribution < 1.29 is 5.11 Å². The van der Waals surface area contributed by atoms with Gasteiger partial charge < -0.3 is 10.4 Å². The van der Waals surface area contributed by atoms with Crippen molar-refractivity contribution in [3.8, 4) is 0 Å². The van der Waals surface area contributed by atoms with E-state index in [1.807, 2.05) is 11.3 Å². The Labute approximate surface area is 109 Å². The Morgan fingerprint density at radius 2 is 2.12 bits per heavy atom. The highest BCUT2D eigenvalue weighted by molar-refractivity contribution is 7.12. The van der Waals surface area contributed by atoms with Crippen LogP contribution in [0.25, 0.3) is 0 Å². The molecule has 1 heterocycles. The molecule has 3 heteroatoms. The van der Waals surface area contributed by atoms with E-state index in [1.165, 1.54) is 9.75 Å². The number of aryl methyl sites for hydroxylation is 1. The summed E-state index contributed by atoms with van der Waals surface area (Å²) >= 11 is 1.91. The van der Waals surface area contributed by atoms with Crippen molar-refractivity contribution in [3.05, 3.63) is 21.9 Å². The summed E-state index contributed by atoms with van der Waals surface area (Å²) in [4.78, 5) is 2.89. The van der Waals surface area contributed by atoms with Gasteiger partial charge in [-0.05, 0) is 50.8 Å². The zero-order valence-corrected chi connectivity index (χ0v) is 12.0. The summed E-state index contributed by atoms with van der Waals surface area (Å²) < 4.78 is 0. The van der Waals surface area contributed by atoms with Crippen molar-refractivity contribution in [1.82, 2.24) is 5.32 Å². The minimum absolute atomic E-state index is 0.306.